The molecule has 0 radical (unpaired) electrons. The fourth-order valence-corrected chi connectivity index (χ4v) is 3.88. The van der Waals surface area contributed by atoms with Crippen LogP contribution in [-0.2, 0) is 19.1 Å². The Morgan fingerprint density at radius 2 is 1.80 bits per heavy atom. The number of ether oxygens (including phenoxy) is 2. The van der Waals surface area contributed by atoms with Gasteiger partial charge in [0.15, 0.2) is 0 Å². The van der Waals surface area contributed by atoms with Gasteiger partial charge in [-0.1, -0.05) is 34.1 Å². The van der Waals surface area contributed by atoms with E-state index in [-0.39, 0.29) is 35.9 Å². The normalized spacial score (nSPS) is 23.8. The standard InChI is InChI=1S/C20H37NO4/c1-8-13(2)14(3)18(24-6)12-19(23)21-11-9-10-17(21)20(25-7)15(4)16(5)22/h13-15,17-18,20H,8-12H2,1-7H3. The van der Waals surface area contributed by atoms with Crippen LogP contribution < -0.4 is 0 Å². The van der Waals surface area contributed by atoms with E-state index in [1.54, 1.807) is 21.1 Å². The Morgan fingerprint density at radius 1 is 1.16 bits per heavy atom. The van der Waals surface area contributed by atoms with Crippen LogP contribution in [0.2, 0.25) is 0 Å². The molecule has 1 rings (SSSR count). The maximum Gasteiger partial charge on any atom is 0.225 e. The number of likely N-dealkylation sites (tertiary alicyclic amines) is 1. The van der Waals surface area contributed by atoms with Crippen molar-refractivity contribution in [2.45, 2.75) is 78.6 Å². The smallest absolute Gasteiger partial charge is 0.225 e. The SMILES string of the molecule is CCC(C)C(C)C(CC(=O)N1CCCC1C(OC)C(C)C(C)=O)OC. The molecule has 5 nitrogen and oxygen atoms in total. The summed E-state index contributed by atoms with van der Waals surface area (Å²) >= 11 is 0. The third-order valence-electron chi connectivity index (χ3n) is 6.21. The van der Waals surface area contributed by atoms with Gasteiger partial charge in [-0.2, -0.15) is 0 Å². The Labute approximate surface area is 153 Å². The highest BCUT2D eigenvalue weighted by Crippen LogP contribution is 2.29. The number of amides is 1. The molecule has 0 N–H and O–H groups in total. The average molecular weight is 356 g/mol. The molecule has 1 amide bonds. The third kappa shape index (κ3) is 5.52. The number of ketones is 1. The first kappa shape index (κ1) is 22.1. The zero-order valence-electron chi connectivity index (χ0n) is 17.1. The number of Topliss-reactive ketones (excluding diaryl/α,β-unsaturated/α-hetero) is 1. The summed E-state index contributed by atoms with van der Waals surface area (Å²) in [5.41, 5.74) is 0. The minimum atomic E-state index is -0.239. The Bertz CT molecular complexity index is 439. The highest BCUT2D eigenvalue weighted by atomic mass is 16.5. The molecule has 1 saturated heterocycles. The molecule has 1 aliphatic rings. The van der Waals surface area contributed by atoms with Crippen LogP contribution in [0.3, 0.4) is 0 Å². The molecule has 0 aromatic rings. The van der Waals surface area contributed by atoms with E-state index in [1.807, 2.05) is 11.8 Å². The van der Waals surface area contributed by atoms with Gasteiger partial charge in [-0.05, 0) is 31.6 Å². The predicted octanol–water partition coefficient (Wildman–Crippen LogP) is 3.30. The van der Waals surface area contributed by atoms with Gasteiger partial charge in [-0.3, -0.25) is 9.59 Å². The Hall–Kier alpha value is -0.940. The maximum atomic E-state index is 13.0. The number of carbonyl (C=O) groups is 2. The maximum absolute atomic E-state index is 13.0. The zero-order chi connectivity index (χ0) is 19.1. The van der Waals surface area contributed by atoms with Crippen molar-refractivity contribution >= 4 is 11.7 Å². The van der Waals surface area contributed by atoms with E-state index in [0.717, 1.165) is 25.8 Å². The zero-order valence-corrected chi connectivity index (χ0v) is 17.1. The lowest BCUT2D eigenvalue weighted by atomic mass is 9.87. The van der Waals surface area contributed by atoms with Crippen LogP contribution in [0, 0.1) is 17.8 Å². The number of hydrogen-bond acceptors (Lipinski definition) is 4. The van der Waals surface area contributed by atoms with Crippen LogP contribution in [-0.4, -0.2) is 55.6 Å². The second-order valence-corrected chi connectivity index (χ2v) is 7.62. The number of hydrogen-bond donors (Lipinski definition) is 0. The second kappa shape index (κ2) is 10.3. The molecule has 0 aromatic carbocycles. The van der Waals surface area contributed by atoms with Gasteiger partial charge < -0.3 is 14.4 Å². The van der Waals surface area contributed by atoms with Crippen LogP contribution in [0.15, 0.2) is 0 Å². The van der Waals surface area contributed by atoms with Crippen LogP contribution in [0.4, 0.5) is 0 Å². The van der Waals surface area contributed by atoms with Gasteiger partial charge >= 0.3 is 0 Å². The summed E-state index contributed by atoms with van der Waals surface area (Å²) in [7, 11) is 3.32. The minimum absolute atomic E-state index is 0.0205. The summed E-state index contributed by atoms with van der Waals surface area (Å²) in [6.45, 7) is 10.7. The molecule has 0 spiro atoms. The molecule has 6 atom stereocenters. The molecule has 0 bridgehead atoms. The van der Waals surface area contributed by atoms with Crippen molar-refractivity contribution in [3.05, 3.63) is 0 Å². The van der Waals surface area contributed by atoms with Crippen molar-refractivity contribution in [3.8, 4) is 0 Å². The highest BCUT2D eigenvalue weighted by molar-refractivity contribution is 5.80. The fourth-order valence-electron chi connectivity index (χ4n) is 3.88. The summed E-state index contributed by atoms with van der Waals surface area (Å²) < 4.78 is 11.3. The van der Waals surface area contributed by atoms with Crippen LogP contribution in [0.1, 0.15) is 60.3 Å². The summed E-state index contributed by atoms with van der Waals surface area (Å²) in [6.07, 6.45) is 3.00. The number of methoxy groups -OCH3 is 2. The van der Waals surface area contributed by atoms with Gasteiger partial charge in [-0.15, -0.1) is 0 Å². The molecule has 1 aliphatic heterocycles. The van der Waals surface area contributed by atoms with Crippen LogP contribution in [0.5, 0.6) is 0 Å². The van der Waals surface area contributed by atoms with Crippen molar-refractivity contribution in [2.24, 2.45) is 17.8 Å². The summed E-state index contributed by atoms with van der Waals surface area (Å²) in [5, 5.41) is 0. The first-order valence-electron chi connectivity index (χ1n) is 9.63. The third-order valence-corrected chi connectivity index (χ3v) is 6.21. The topological polar surface area (TPSA) is 55.8 Å². The van der Waals surface area contributed by atoms with E-state index in [0.29, 0.717) is 18.3 Å². The molecule has 146 valence electrons. The molecular formula is C20H37NO4. The average Bonchev–Trinajstić information content (AvgIpc) is 3.08. The van der Waals surface area contributed by atoms with Gasteiger partial charge in [0.1, 0.15) is 5.78 Å². The predicted molar refractivity (Wildman–Crippen MR) is 99.4 cm³/mol. The van der Waals surface area contributed by atoms with Gasteiger partial charge in [0.25, 0.3) is 0 Å². The fraction of sp³-hybridized carbons (Fsp3) is 0.900. The van der Waals surface area contributed by atoms with E-state index >= 15 is 0 Å². The summed E-state index contributed by atoms with van der Waals surface area (Å²) in [6, 6.07) is -0.0205. The van der Waals surface area contributed by atoms with E-state index in [1.165, 1.54) is 0 Å². The first-order valence-corrected chi connectivity index (χ1v) is 9.63. The molecule has 0 saturated carbocycles. The van der Waals surface area contributed by atoms with E-state index in [4.69, 9.17) is 9.47 Å². The lowest BCUT2D eigenvalue weighted by molar-refractivity contribution is -0.141. The quantitative estimate of drug-likeness (QED) is 0.603. The van der Waals surface area contributed by atoms with Crippen molar-refractivity contribution in [1.29, 1.82) is 0 Å². The van der Waals surface area contributed by atoms with Gasteiger partial charge in [0.2, 0.25) is 5.91 Å². The molecule has 25 heavy (non-hydrogen) atoms. The molecular weight excluding hydrogens is 318 g/mol. The van der Waals surface area contributed by atoms with Gasteiger partial charge in [0.05, 0.1) is 24.7 Å². The number of rotatable bonds is 10. The molecule has 1 heterocycles. The monoisotopic (exact) mass is 355 g/mol. The number of nitrogens with zero attached hydrogens (tertiary/aromatic N) is 1. The molecule has 1 fully saturated rings. The Kier molecular flexibility index (Phi) is 9.08. The van der Waals surface area contributed by atoms with Crippen molar-refractivity contribution in [1.82, 2.24) is 4.90 Å². The van der Waals surface area contributed by atoms with Gasteiger partial charge in [-0.25, -0.2) is 0 Å². The van der Waals surface area contributed by atoms with Crippen LogP contribution in [0.25, 0.3) is 0 Å². The summed E-state index contributed by atoms with van der Waals surface area (Å²) in [5.74, 6) is 0.847. The van der Waals surface area contributed by atoms with Crippen LogP contribution >= 0.6 is 0 Å². The Morgan fingerprint density at radius 3 is 2.28 bits per heavy atom. The lowest BCUT2D eigenvalue weighted by Gasteiger charge is -2.35. The molecule has 0 aromatic heterocycles. The van der Waals surface area contributed by atoms with Gasteiger partial charge in [0, 0.05) is 26.7 Å². The highest BCUT2D eigenvalue weighted by Gasteiger charge is 2.39. The van der Waals surface area contributed by atoms with E-state index in [9.17, 15) is 9.59 Å². The van der Waals surface area contributed by atoms with Crippen molar-refractivity contribution in [3.63, 3.8) is 0 Å². The van der Waals surface area contributed by atoms with Crippen molar-refractivity contribution in [2.75, 3.05) is 20.8 Å². The minimum Gasteiger partial charge on any atom is -0.381 e. The van der Waals surface area contributed by atoms with E-state index in [2.05, 4.69) is 20.8 Å². The molecule has 6 unspecified atom stereocenters. The molecule has 5 heteroatoms. The first-order chi connectivity index (χ1) is 11.8. The van der Waals surface area contributed by atoms with E-state index < -0.39 is 0 Å². The number of carbonyl (C=O) groups excluding carboxylic acids is 2. The second-order valence-electron chi connectivity index (χ2n) is 7.62. The Balaban J connectivity index is 2.83. The van der Waals surface area contributed by atoms with Crippen molar-refractivity contribution < 1.29 is 19.1 Å². The largest absolute Gasteiger partial charge is 0.381 e. The summed E-state index contributed by atoms with van der Waals surface area (Å²) in [4.78, 5) is 26.7. The molecule has 0 aliphatic carbocycles. The lowest BCUT2D eigenvalue weighted by Crippen LogP contribution is -2.48.